The highest BCUT2D eigenvalue weighted by Gasteiger charge is 2.12. The van der Waals surface area contributed by atoms with Crippen molar-refractivity contribution in [2.24, 2.45) is 5.73 Å². The van der Waals surface area contributed by atoms with Crippen LogP contribution in [0.5, 0.6) is 5.75 Å². The zero-order valence-electron chi connectivity index (χ0n) is 9.59. The van der Waals surface area contributed by atoms with Crippen molar-refractivity contribution >= 4 is 0 Å². The maximum absolute atomic E-state index is 13.5. The van der Waals surface area contributed by atoms with Crippen LogP contribution in [0.4, 0.5) is 8.78 Å². The first-order valence-electron chi connectivity index (χ1n) is 5.44. The van der Waals surface area contributed by atoms with E-state index in [0.717, 1.165) is 18.6 Å². The highest BCUT2D eigenvalue weighted by molar-refractivity contribution is 5.31. The molecule has 0 amide bonds. The van der Waals surface area contributed by atoms with E-state index in [-0.39, 0.29) is 11.8 Å². The summed E-state index contributed by atoms with van der Waals surface area (Å²) in [5, 5.41) is 0. The van der Waals surface area contributed by atoms with E-state index >= 15 is 0 Å². The van der Waals surface area contributed by atoms with Crippen LogP contribution in [-0.4, -0.2) is 12.6 Å². The van der Waals surface area contributed by atoms with Crippen molar-refractivity contribution in [3.8, 4) is 5.75 Å². The van der Waals surface area contributed by atoms with Crippen molar-refractivity contribution in [2.75, 3.05) is 6.61 Å². The van der Waals surface area contributed by atoms with E-state index in [4.69, 9.17) is 10.5 Å². The molecule has 1 aromatic rings. The number of hydrogen-bond acceptors (Lipinski definition) is 2. The molecule has 0 aromatic heterocycles. The quantitative estimate of drug-likeness (QED) is 0.842. The molecule has 0 aliphatic carbocycles. The van der Waals surface area contributed by atoms with Crippen LogP contribution in [-0.2, 0) is 6.42 Å². The highest BCUT2D eigenvalue weighted by Crippen LogP contribution is 2.22. The number of nitrogens with two attached hydrogens (primary N) is 1. The Morgan fingerprint density at radius 2 is 1.94 bits per heavy atom. The van der Waals surface area contributed by atoms with Gasteiger partial charge in [-0.05, 0) is 31.4 Å². The first-order valence-corrected chi connectivity index (χ1v) is 5.44. The molecule has 0 spiro atoms. The minimum atomic E-state index is -0.540. The van der Waals surface area contributed by atoms with Crippen LogP contribution < -0.4 is 10.5 Å². The lowest BCUT2D eigenvalue weighted by Gasteiger charge is -2.11. The van der Waals surface area contributed by atoms with E-state index in [0.29, 0.717) is 18.6 Å². The monoisotopic (exact) mass is 229 g/mol. The SMILES string of the molecule is CCOc1cc(F)c(CC(N)CC)cc1F. The fourth-order valence-electron chi connectivity index (χ4n) is 1.42. The van der Waals surface area contributed by atoms with Crippen LogP contribution in [0, 0.1) is 11.6 Å². The molecule has 1 atom stereocenters. The van der Waals surface area contributed by atoms with E-state index in [1.807, 2.05) is 6.92 Å². The van der Waals surface area contributed by atoms with Crippen molar-refractivity contribution in [3.05, 3.63) is 29.3 Å². The molecule has 2 nitrogen and oxygen atoms in total. The molecule has 16 heavy (non-hydrogen) atoms. The van der Waals surface area contributed by atoms with E-state index in [1.54, 1.807) is 6.92 Å². The average Bonchev–Trinajstić information content (AvgIpc) is 2.25. The Labute approximate surface area is 94.4 Å². The molecule has 0 bridgehead atoms. The zero-order valence-corrected chi connectivity index (χ0v) is 9.59. The second kappa shape index (κ2) is 5.80. The van der Waals surface area contributed by atoms with Gasteiger partial charge in [0.1, 0.15) is 5.82 Å². The maximum Gasteiger partial charge on any atom is 0.165 e. The zero-order chi connectivity index (χ0) is 12.1. The third-order valence-corrected chi connectivity index (χ3v) is 2.41. The Morgan fingerprint density at radius 1 is 1.25 bits per heavy atom. The molecule has 0 saturated carbocycles. The second-order valence-electron chi connectivity index (χ2n) is 3.68. The predicted octanol–water partition coefficient (Wildman–Crippen LogP) is 2.64. The molecule has 0 radical (unpaired) electrons. The van der Waals surface area contributed by atoms with Gasteiger partial charge in [0.2, 0.25) is 0 Å². The van der Waals surface area contributed by atoms with Crippen LogP contribution in [0.2, 0.25) is 0 Å². The maximum atomic E-state index is 13.5. The molecular formula is C12H17F2NO. The fraction of sp³-hybridized carbons (Fsp3) is 0.500. The van der Waals surface area contributed by atoms with Gasteiger partial charge in [0.15, 0.2) is 11.6 Å². The summed E-state index contributed by atoms with van der Waals surface area (Å²) < 4.78 is 31.9. The van der Waals surface area contributed by atoms with Crippen LogP contribution in [0.25, 0.3) is 0 Å². The molecule has 4 heteroatoms. The van der Waals surface area contributed by atoms with Crippen molar-refractivity contribution in [2.45, 2.75) is 32.7 Å². The Hall–Kier alpha value is -1.16. The van der Waals surface area contributed by atoms with Crippen molar-refractivity contribution in [1.82, 2.24) is 0 Å². The average molecular weight is 229 g/mol. The van der Waals surface area contributed by atoms with Gasteiger partial charge in [-0.3, -0.25) is 0 Å². The molecule has 90 valence electrons. The van der Waals surface area contributed by atoms with Crippen LogP contribution in [0.3, 0.4) is 0 Å². The smallest absolute Gasteiger partial charge is 0.165 e. The summed E-state index contributed by atoms with van der Waals surface area (Å²) in [5.41, 5.74) is 6.00. The first kappa shape index (κ1) is 12.9. The van der Waals surface area contributed by atoms with Gasteiger partial charge in [0, 0.05) is 12.1 Å². The topological polar surface area (TPSA) is 35.2 Å². The number of benzene rings is 1. The summed E-state index contributed by atoms with van der Waals surface area (Å²) in [4.78, 5) is 0. The van der Waals surface area contributed by atoms with Crippen molar-refractivity contribution in [3.63, 3.8) is 0 Å². The first-order chi connectivity index (χ1) is 7.58. The Kier molecular flexibility index (Phi) is 4.68. The molecule has 1 aromatic carbocycles. The standard InChI is InChI=1S/C12H17F2NO/c1-3-9(15)5-8-6-11(14)12(16-4-2)7-10(8)13/h6-7,9H,3-5,15H2,1-2H3. The van der Waals surface area contributed by atoms with Crippen molar-refractivity contribution in [1.29, 1.82) is 0 Å². The number of hydrogen-bond donors (Lipinski definition) is 1. The molecule has 0 saturated heterocycles. The van der Waals surface area contributed by atoms with Gasteiger partial charge in [-0.15, -0.1) is 0 Å². The van der Waals surface area contributed by atoms with Gasteiger partial charge >= 0.3 is 0 Å². The van der Waals surface area contributed by atoms with Crippen LogP contribution in [0.1, 0.15) is 25.8 Å². The van der Waals surface area contributed by atoms with E-state index in [2.05, 4.69) is 0 Å². The molecule has 0 aliphatic rings. The molecule has 0 fully saturated rings. The van der Waals surface area contributed by atoms with Gasteiger partial charge in [-0.1, -0.05) is 6.92 Å². The number of halogens is 2. The lowest BCUT2D eigenvalue weighted by molar-refractivity contribution is 0.318. The lowest BCUT2D eigenvalue weighted by Crippen LogP contribution is -2.22. The number of rotatable bonds is 5. The summed E-state index contributed by atoms with van der Waals surface area (Å²) in [6.07, 6.45) is 1.07. The van der Waals surface area contributed by atoms with Crippen LogP contribution in [0.15, 0.2) is 12.1 Å². The summed E-state index contributed by atoms with van der Waals surface area (Å²) in [5.74, 6) is -1.05. The van der Waals surface area contributed by atoms with Crippen LogP contribution >= 0.6 is 0 Å². The van der Waals surface area contributed by atoms with Gasteiger partial charge in [0.05, 0.1) is 6.61 Å². The van der Waals surface area contributed by atoms with Gasteiger partial charge in [-0.25, -0.2) is 8.78 Å². The molecule has 0 heterocycles. The third kappa shape index (κ3) is 3.17. The molecule has 2 N–H and O–H groups in total. The molecule has 1 rings (SSSR count). The number of ether oxygens (including phenoxy) is 1. The Balaban J connectivity index is 2.91. The molecule has 1 unspecified atom stereocenters. The minimum Gasteiger partial charge on any atom is -0.491 e. The predicted molar refractivity (Wildman–Crippen MR) is 59.5 cm³/mol. The summed E-state index contributed by atoms with van der Waals surface area (Å²) >= 11 is 0. The van der Waals surface area contributed by atoms with Gasteiger partial charge in [-0.2, -0.15) is 0 Å². The van der Waals surface area contributed by atoms with Gasteiger partial charge in [0.25, 0.3) is 0 Å². The fourth-order valence-corrected chi connectivity index (χ4v) is 1.42. The summed E-state index contributed by atoms with van der Waals surface area (Å²) in [6.45, 7) is 3.94. The van der Waals surface area contributed by atoms with Gasteiger partial charge < -0.3 is 10.5 Å². The summed E-state index contributed by atoms with van der Waals surface area (Å²) in [6, 6.07) is 2.10. The Morgan fingerprint density at radius 3 is 2.50 bits per heavy atom. The van der Waals surface area contributed by atoms with E-state index in [1.165, 1.54) is 0 Å². The summed E-state index contributed by atoms with van der Waals surface area (Å²) in [7, 11) is 0. The Bertz CT molecular complexity index is 355. The molecular weight excluding hydrogens is 212 g/mol. The minimum absolute atomic E-state index is 0.0474. The second-order valence-corrected chi connectivity index (χ2v) is 3.68. The van der Waals surface area contributed by atoms with E-state index in [9.17, 15) is 8.78 Å². The van der Waals surface area contributed by atoms with Crippen molar-refractivity contribution < 1.29 is 13.5 Å². The van der Waals surface area contributed by atoms with E-state index < -0.39 is 11.6 Å². The lowest BCUT2D eigenvalue weighted by atomic mass is 10.0. The normalized spacial score (nSPS) is 12.6. The molecule has 0 aliphatic heterocycles. The largest absolute Gasteiger partial charge is 0.491 e. The highest BCUT2D eigenvalue weighted by atomic mass is 19.1. The third-order valence-electron chi connectivity index (χ3n) is 2.41.